The number of amides is 2. The summed E-state index contributed by atoms with van der Waals surface area (Å²) in [7, 11) is 0. The van der Waals surface area contributed by atoms with Crippen LogP contribution in [0.2, 0.25) is 0 Å². The second-order valence-electron chi connectivity index (χ2n) is 4.71. The number of nitrogens with zero attached hydrogens (tertiary/aromatic N) is 1. The molecule has 0 aliphatic carbocycles. The molecule has 0 aromatic heterocycles. The third-order valence-electron chi connectivity index (χ3n) is 3.14. The molecule has 1 aliphatic heterocycles. The van der Waals surface area contributed by atoms with Gasteiger partial charge in [0, 0.05) is 19.5 Å². The summed E-state index contributed by atoms with van der Waals surface area (Å²) >= 11 is 0. The molecular formula is C14H18F2N2O2. The normalized spacial score (nSPS) is 19.1. The van der Waals surface area contributed by atoms with Gasteiger partial charge < -0.3 is 15.0 Å². The van der Waals surface area contributed by atoms with Crippen LogP contribution in [0.15, 0.2) is 30.3 Å². The summed E-state index contributed by atoms with van der Waals surface area (Å²) in [5.41, 5.74) is 1.13. The number of benzene rings is 1. The van der Waals surface area contributed by atoms with E-state index < -0.39 is 19.0 Å². The third-order valence-corrected chi connectivity index (χ3v) is 3.14. The number of morpholine rings is 1. The number of urea groups is 1. The number of carbonyl (C=O) groups excluding carboxylic acids is 1. The number of nitrogens with one attached hydrogen (secondary N) is 1. The van der Waals surface area contributed by atoms with Crippen LogP contribution in [0.4, 0.5) is 13.6 Å². The van der Waals surface area contributed by atoms with Crippen LogP contribution in [0.5, 0.6) is 0 Å². The molecule has 0 spiro atoms. The zero-order valence-electron chi connectivity index (χ0n) is 11.1. The van der Waals surface area contributed by atoms with Crippen LogP contribution in [0.25, 0.3) is 0 Å². The predicted octanol–water partition coefficient (Wildman–Crippen LogP) is 1.90. The van der Waals surface area contributed by atoms with Gasteiger partial charge in [-0.15, -0.1) is 0 Å². The lowest BCUT2D eigenvalue weighted by Gasteiger charge is -2.33. The van der Waals surface area contributed by atoms with Crippen LogP contribution in [0, 0.1) is 0 Å². The van der Waals surface area contributed by atoms with Gasteiger partial charge in [0.1, 0.15) is 0 Å². The smallest absolute Gasteiger partial charge is 0.317 e. The molecule has 1 atom stereocenters. The van der Waals surface area contributed by atoms with Gasteiger partial charge in [-0.1, -0.05) is 30.3 Å². The van der Waals surface area contributed by atoms with Crippen molar-refractivity contribution in [2.45, 2.75) is 19.0 Å². The minimum absolute atomic E-state index is 0.0940. The van der Waals surface area contributed by atoms with Crippen molar-refractivity contribution in [3.8, 4) is 0 Å². The zero-order valence-corrected chi connectivity index (χ0v) is 11.1. The number of ether oxygens (including phenoxy) is 1. The molecule has 6 heteroatoms. The van der Waals surface area contributed by atoms with Gasteiger partial charge in [0.25, 0.3) is 6.43 Å². The molecule has 1 N–H and O–H groups in total. The lowest BCUT2D eigenvalue weighted by atomic mass is 10.1. The van der Waals surface area contributed by atoms with Crippen molar-refractivity contribution in [1.82, 2.24) is 10.2 Å². The SMILES string of the molecule is O=C(NCC(F)F)N1CCO[C@@H](Cc2ccccc2)C1. The molecule has 2 amide bonds. The Morgan fingerprint density at radius 2 is 2.15 bits per heavy atom. The van der Waals surface area contributed by atoms with Crippen LogP contribution in [-0.4, -0.2) is 49.7 Å². The van der Waals surface area contributed by atoms with Crippen molar-refractivity contribution in [1.29, 1.82) is 0 Å². The Morgan fingerprint density at radius 1 is 1.40 bits per heavy atom. The van der Waals surface area contributed by atoms with Gasteiger partial charge in [-0.05, 0) is 5.56 Å². The first-order valence-corrected chi connectivity index (χ1v) is 6.61. The molecule has 1 fully saturated rings. The van der Waals surface area contributed by atoms with Crippen molar-refractivity contribution in [3.63, 3.8) is 0 Å². The topological polar surface area (TPSA) is 41.6 Å². The molecule has 0 unspecified atom stereocenters. The van der Waals surface area contributed by atoms with Crippen LogP contribution in [0.1, 0.15) is 5.56 Å². The number of hydrogen-bond acceptors (Lipinski definition) is 2. The number of rotatable bonds is 4. The fraction of sp³-hybridized carbons (Fsp3) is 0.500. The second-order valence-corrected chi connectivity index (χ2v) is 4.71. The summed E-state index contributed by atoms with van der Waals surface area (Å²) in [6, 6.07) is 9.39. The summed E-state index contributed by atoms with van der Waals surface area (Å²) < 4.78 is 29.8. The molecule has 0 radical (unpaired) electrons. The van der Waals surface area contributed by atoms with Gasteiger partial charge in [-0.25, -0.2) is 13.6 Å². The third kappa shape index (κ3) is 4.45. The number of carbonyl (C=O) groups is 1. The largest absolute Gasteiger partial charge is 0.374 e. The fourth-order valence-electron chi connectivity index (χ4n) is 2.18. The van der Waals surface area contributed by atoms with Gasteiger partial charge in [0.2, 0.25) is 0 Å². The summed E-state index contributed by atoms with van der Waals surface area (Å²) in [6.45, 7) is 0.670. The Bertz CT molecular complexity index is 428. The van der Waals surface area contributed by atoms with Crippen LogP contribution >= 0.6 is 0 Å². The molecule has 1 heterocycles. The van der Waals surface area contributed by atoms with Gasteiger partial charge in [-0.2, -0.15) is 0 Å². The summed E-state index contributed by atoms with van der Waals surface area (Å²) in [5, 5.41) is 2.22. The molecular weight excluding hydrogens is 266 g/mol. The van der Waals surface area contributed by atoms with E-state index in [0.717, 1.165) is 5.56 Å². The second kappa shape index (κ2) is 7.19. The summed E-state index contributed by atoms with van der Waals surface area (Å²) in [6.07, 6.45) is -1.91. The minimum atomic E-state index is -2.53. The fourth-order valence-corrected chi connectivity index (χ4v) is 2.18. The molecule has 20 heavy (non-hydrogen) atoms. The van der Waals surface area contributed by atoms with E-state index in [1.165, 1.54) is 4.90 Å². The van der Waals surface area contributed by atoms with Gasteiger partial charge in [-0.3, -0.25) is 0 Å². The number of halogens is 2. The maximum absolute atomic E-state index is 12.1. The average Bonchev–Trinajstić information content (AvgIpc) is 2.46. The van der Waals surface area contributed by atoms with Crippen molar-refractivity contribution >= 4 is 6.03 Å². The van der Waals surface area contributed by atoms with Gasteiger partial charge in [0.15, 0.2) is 0 Å². The maximum Gasteiger partial charge on any atom is 0.317 e. The molecule has 1 saturated heterocycles. The molecule has 1 aromatic rings. The van der Waals surface area contributed by atoms with Crippen molar-refractivity contribution < 1.29 is 18.3 Å². The lowest BCUT2D eigenvalue weighted by molar-refractivity contribution is -0.0137. The van der Waals surface area contributed by atoms with E-state index in [-0.39, 0.29) is 6.10 Å². The first-order valence-electron chi connectivity index (χ1n) is 6.61. The highest BCUT2D eigenvalue weighted by Gasteiger charge is 2.24. The number of alkyl halides is 2. The summed E-state index contributed by atoms with van der Waals surface area (Å²) in [4.78, 5) is 13.3. The average molecular weight is 284 g/mol. The van der Waals surface area contributed by atoms with Crippen molar-refractivity contribution in [2.75, 3.05) is 26.2 Å². The quantitative estimate of drug-likeness (QED) is 0.917. The van der Waals surface area contributed by atoms with Crippen LogP contribution in [0.3, 0.4) is 0 Å². The van der Waals surface area contributed by atoms with E-state index in [2.05, 4.69) is 5.32 Å². The predicted molar refractivity (Wildman–Crippen MR) is 70.9 cm³/mol. The maximum atomic E-state index is 12.1. The Kier molecular flexibility index (Phi) is 5.29. The molecule has 0 bridgehead atoms. The molecule has 0 saturated carbocycles. The lowest BCUT2D eigenvalue weighted by Crippen LogP contribution is -2.50. The van der Waals surface area contributed by atoms with E-state index in [1.54, 1.807) is 0 Å². The Labute approximate surface area is 116 Å². The standard InChI is InChI=1S/C14H18F2N2O2/c15-13(16)9-17-14(19)18-6-7-20-12(10-18)8-11-4-2-1-3-5-11/h1-5,12-13H,6-10H2,(H,17,19)/t12-/m0/s1. The number of hydrogen-bond donors (Lipinski definition) is 1. The monoisotopic (exact) mass is 284 g/mol. The molecule has 110 valence electrons. The first kappa shape index (κ1) is 14.7. The van der Waals surface area contributed by atoms with E-state index in [0.29, 0.717) is 26.1 Å². The van der Waals surface area contributed by atoms with Crippen molar-refractivity contribution in [3.05, 3.63) is 35.9 Å². The molecule has 4 nitrogen and oxygen atoms in total. The summed E-state index contributed by atoms with van der Waals surface area (Å²) in [5.74, 6) is 0. The van der Waals surface area contributed by atoms with Crippen LogP contribution in [-0.2, 0) is 11.2 Å². The minimum Gasteiger partial charge on any atom is -0.374 e. The highest BCUT2D eigenvalue weighted by molar-refractivity contribution is 5.74. The van der Waals surface area contributed by atoms with E-state index in [1.807, 2.05) is 30.3 Å². The zero-order chi connectivity index (χ0) is 14.4. The van der Waals surface area contributed by atoms with E-state index >= 15 is 0 Å². The Morgan fingerprint density at radius 3 is 2.85 bits per heavy atom. The highest BCUT2D eigenvalue weighted by atomic mass is 19.3. The first-order chi connectivity index (χ1) is 9.65. The molecule has 1 aliphatic rings. The Balaban J connectivity index is 1.83. The van der Waals surface area contributed by atoms with Crippen molar-refractivity contribution in [2.24, 2.45) is 0 Å². The Hall–Kier alpha value is -1.69. The molecule has 2 rings (SSSR count). The van der Waals surface area contributed by atoms with Crippen LogP contribution < -0.4 is 5.32 Å². The van der Waals surface area contributed by atoms with E-state index in [9.17, 15) is 13.6 Å². The highest BCUT2D eigenvalue weighted by Crippen LogP contribution is 2.11. The van der Waals surface area contributed by atoms with Gasteiger partial charge in [0.05, 0.1) is 19.3 Å². The van der Waals surface area contributed by atoms with Gasteiger partial charge >= 0.3 is 6.03 Å². The molecule has 1 aromatic carbocycles. The van der Waals surface area contributed by atoms with E-state index in [4.69, 9.17) is 4.74 Å².